The molecule has 4 heteroatoms. The third-order valence-electron chi connectivity index (χ3n) is 2.45. The molecular weight excluding hydrogens is 213 g/mol. The smallest absolute Gasteiger partial charge is 0.167 e. The summed E-state index contributed by atoms with van der Waals surface area (Å²) in [4.78, 5) is 0. The molecule has 1 heterocycles. The Balaban J connectivity index is 2.05. The van der Waals surface area contributed by atoms with E-state index in [0.717, 1.165) is 17.9 Å². The van der Waals surface area contributed by atoms with E-state index in [-0.39, 0.29) is 5.82 Å². The molecule has 1 fully saturated rings. The van der Waals surface area contributed by atoms with Gasteiger partial charge in [0.2, 0.25) is 0 Å². The Kier molecular flexibility index (Phi) is 3.36. The summed E-state index contributed by atoms with van der Waals surface area (Å²) < 4.78 is 18.2. The second-order valence-corrected chi connectivity index (χ2v) is 4.70. The van der Waals surface area contributed by atoms with Gasteiger partial charge in [0.1, 0.15) is 0 Å². The van der Waals surface area contributed by atoms with Crippen molar-refractivity contribution in [3.63, 3.8) is 0 Å². The van der Waals surface area contributed by atoms with Crippen LogP contribution in [0.25, 0.3) is 0 Å². The van der Waals surface area contributed by atoms with Gasteiger partial charge >= 0.3 is 0 Å². The van der Waals surface area contributed by atoms with Gasteiger partial charge in [-0.25, -0.2) is 4.39 Å². The second kappa shape index (κ2) is 4.75. The molecule has 15 heavy (non-hydrogen) atoms. The quantitative estimate of drug-likeness (QED) is 0.858. The molecule has 82 valence electrons. The molecule has 2 nitrogen and oxygen atoms in total. The molecule has 2 rings (SSSR count). The largest absolute Gasteiger partial charge is 0.494 e. The summed E-state index contributed by atoms with van der Waals surface area (Å²) in [6, 6.07) is 5.47. The molecule has 1 aromatic carbocycles. The molecule has 1 aliphatic heterocycles. The molecule has 0 bridgehead atoms. The average Bonchev–Trinajstić information content (AvgIpc) is 2.71. The summed E-state index contributed by atoms with van der Waals surface area (Å²) in [6.45, 7) is 0. The van der Waals surface area contributed by atoms with Crippen LogP contribution in [0.4, 0.5) is 10.1 Å². The maximum absolute atomic E-state index is 13.4. The predicted molar refractivity (Wildman–Crippen MR) is 62.3 cm³/mol. The Labute approximate surface area is 93.2 Å². The first kappa shape index (κ1) is 10.6. The van der Waals surface area contributed by atoms with Crippen LogP contribution in [0, 0.1) is 5.82 Å². The zero-order valence-corrected chi connectivity index (χ0v) is 9.44. The van der Waals surface area contributed by atoms with E-state index < -0.39 is 0 Å². The topological polar surface area (TPSA) is 21.3 Å². The molecule has 1 aromatic rings. The number of methoxy groups -OCH3 is 1. The van der Waals surface area contributed by atoms with E-state index in [0.29, 0.717) is 11.8 Å². The summed E-state index contributed by atoms with van der Waals surface area (Å²) in [5, 5.41) is 3.32. The Morgan fingerprint density at radius 2 is 2.40 bits per heavy atom. The minimum atomic E-state index is -0.312. The van der Waals surface area contributed by atoms with Crippen LogP contribution in [-0.4, -0.2) is 24.7 Å². The molecule has 0 spiro atoms. The molecule has 1 saturated heterocycles. The Bertz CT molecular complexity index is 339. The minimum Gasteiger partial charge on any atom is -0.494 e. The van der Waals surface area contributed by atoms with Crippen molar-refractivity contribution in [2.24, 2.45) is 0 Å². The lowest BCUT2D eigenvalue weighted by molar-refractivity contribution is 0.386. The Morgan fingerprint density at radius 3 is 3.00 bits per heavy atom. The zero-order chi connectivity index (χ0) is 10.7. The van der Waals surface area contributed by atoms with Crippen LogP contribution in [0.2, 0.25) is 0 Å². The average molecular weight is 227 g/mol. The van der Waals surface area contributed by atoms with Crippen molar-refractivity contribution >= 4 is 17.4 Å². The van der Waals surface area contributed by atoms with Crippen LogP contribution in [0.3, 0.4) is 0 Å². The lowest BCUT2D eigenvalue weighted by Crippen LogP contribution is -2.18. The molecule has 1 N–H and O–H groups in total. The molecule has 0 saturated carbocycles. The monoisotopic (exact) mass is 227 g/mol. The fourth-order valence-corrected chi connectivity index (χ4v) is 2.79. The number of halogens is 1. The molecule has 1 aliphatic rings. The number of hydrogen-bond donors (Lipinski definition) is 1. The Hall–Kier alpha value is -0.900. The standard InChI is InChI=1S/C11H14FNOS/c1-14-11-3-2-8(6-10(11)12)13-9-4-5-15-7-9/h2-3,6,9,13H,4-5,7H2,1H3/t9-/m1/s1. The molecule has 0 unspecified atom stereocenters. The van der Waals surface area contributed by atoms with E-state index in [1.54, 1.807) is 6.07 Å². The summed E-state index contributed by atoms with van der Waals surface area (Å²) >= 11 is 1.93. The van der Waals surface area contributed by atoms with Crippen LogP contribution in [-0.2, 0) is 0 Å². The minimum absolute atomic E-state index is 0.293. The number of rotatable bonds is 3. The van der Waals surface area contributed by atoms with E-state index in [4.69, 9.17) is 4.74 Å². The van der Waals surface area contributed by atoms with Gasteiger partial charge in [-0.1, -0.05) is 0 Å². The number of ether oxygens (including phenoxy) is 1. The highest BCUT2D eigenvalue weighted by atomic mass is 32.2. The van der Waals surface area contributed by atoms with Gasteiger partial charge in [-0.15, -0.1) is 0 Å². The van der Waals surface area contributed by atoms with Gasteiger partial charge in [-0.2, -0.15) is 11.8 Å². The van der Waals surface area contributed by atoms with Gasteiger partial charge in [-0.3, -0.25) is 0 Å². The third kappa shape index (κ3) is 2.56. The highest BCUT2D eigenvalue weighted by Crippen LogP contribution is 2.24. The second-order valence-electron chi connectivity index (χ2n) is 3.55. The van der Waals surface area contributed by atoms with Gasteiger partial charge in [0.05, 0.1) is 7.11 Å². The lowest BCUT2D eigenvalue weighted by Gasteiger charge is -2.13. The maximum Gasteiger partial charge on any atom is 0.167 e. The highest BCUT2D eigenvalue weighted by molar-refractivity contribution is 7.99. The maximum atomic E-state index is 13.4. The van der Waals surface area contributed by atoms with Gasteiger partial charge in [0.15, 0.2) is 11.6 Å². The van der Waals surface area contributed by atoms with Gasteiger partial charge in [0.25, 0.3) is 0 Å². The third-order valence-corrected chi connectivity index (χ3v) is 3.61. The van der Waals surface area contributed by atoms with E-state index >= 15 is 0 Å². The molecule has 0 aliphatic carbocycles. The van der Waals surface area contributed by atoms with Crippen LogP contribution in [0.15, 0.2) is 18.2 Å². The fraction of sp³-hybridized carbons (Fsp3) is 0.455. The Morgan fingerprint density at radius 1 is 1.53 bits per heavy atom. The van der Waals surface area contributed by atoms with Crippen molar-refractivity contribution in [2.45, 2.75) is 12.5 Å². The number of anilines is 1. The molecule has 0 radical (unpaired) electrons. The fourth-order valence-electron chi connectivity index (χ4n) is 1.64. The van der Waals surface area contributed by atoms with Crippen LogP contribution in [0.1, 0.15) is 6.42 Å². The van der Waals surface area contributed by atoms with Crippen molar-refractivity contribution in [2.75, 3.05) is 23.9 Å². The van der Waals surface area contributed by atoms with Crippen LogP contribution in [0.5, 0.6) is 5.75 Å². The van der Waals surface area contributed by atoms with E-state index in [1.807, 2.05) is 17.8 Å². The van der Waals surface area contributed by atoms with Crippen molar-refractivity contribution in [1.29, 1.82) is 0 Å². The number of thioether (sulfide) groups is 1. The summed E-state index contributed by atoms with van der Waals surface area (Å²) in [6.07, 6.45) is 1.15. The first-order valence-corrected chi connectivity index (χ1v) is 6.13. The van der Waals surface area contributed by atoms with E-state index in [9.17, 15) is 4.39 Å². The lowest BCUT2D eigenvalue weighted by atomic mass is 10.2. The van der Waals surface area contributed by atoms with Crippen molar-refractivity contribution in [3.05, 3.63) is 24.0 Å². The van der Waals surface area contributed by atoms with Gasteiger partial charge in [-0.05, 0) is 24.3 Å². The zero-order valence-electron chi connectivity index (χ0n) is 8.63. The van der Waals surface area contributed by atoms with Gasteiger partial charge in [0, 0.05) is 23.5 Å². The summed E-state index contributed by atoms with van der Waals surface area (Å²) in [5.41, 5.74) is 0.834. The molecule has 0 amide bonds. The number of hydrogen-bond acceptors (Lipinski definition) is 3. The van der Waals surface area contributed by atoms with E-state index in [1.165, 1.54) is 18.9 Å². The molecule has 0 aromatic heterocycles. The first-order chi connectivity index (χ1) is 7.29. The number of benzene rings is 1. The van der Waals surface area contributed by atoms with Crippen LogP contribution >= 0.6 is 11.8 Å². The van der Waals surface area contributed by atoms with E-state index in [2.05, 4.69) is 5.32 Å². The first-order valence-electron chi connectivity index (χ1n) is 4.97. The number of nitrogens with one attached hydrogen (secondary N) is 1. The predicted octanol–water partition coefficient (Wildman–Crippen LogP) is 2.75. The van der Waals surface area contributed by atoms with Crippen molar-refractivity contribution in [3.8, 4) is 5.75 Å². The molecule has 1 atom stereocenters. The highest BCUT2D eigenvalue weighted by Gasteiger charge is 2.15. The summed E-state index contributed by atoms with van der Waals surface area (Å²) in [7, 11) is 1.47. The van der Waals surface area contributed by atoms with Gasteiger partial charge < -0.3 is 10.1 Å². The SMILES string of the molecule is COc1ccc(N[C@@H]2CCSC2)cc1F. The van der Waals surface area contributed by atoms with Crippen molar-refractivity contribution < 1.29 is 9.13 Å². The van der Waals surface area contributed by atoms with Crippen molar-refractivity contribution in [1.82, 2.24) is 0 Å². The summed E-state index contributed by atoms with van der Waals surface area (Å²) in [5.74, 6) is 2.28. The molecular formula is C11H14FNOS. The normalized spacial score (nSPS) is 20.3. The van der Waals surface area contributed by atoms with Crippen LogP contribution < -0.4 is 10.1 Å².